The number of pyridine rings is 2. The zero-order chi connectivity index (χ0) is 22.2. The van der Waals surface area contributed by atoms with Crippen LogP contribution in [0.15, 0.2) is 35.6 Å². The van der Waals surface area contributed by atoms with Crippen LogP contribution >= 0.6 is 0 Å². The van der Waals surface area contributed by atoms with Gasteiger partial charge in [-0.05, 0) is 50.4 Å². The molecule has 0 amide bonds. The molecule has 2 aliphatic rings. The average molecular weight is 439 g/mol. The molecule has 0 unspecified atom stereocenters. The molecule has 0 bridgehead atoms. The first-order valence-electron chi connectivity index (χ1n) is 11.6. The zero-order valence-electron chi connectivity index (χ0n) is 19.1. The lowest BCUT2D eigenvalue weighted by Crippen LogP contribution is -2.41. The van der Waals surface area contributed by atoms with E-state index in [1.807, 2.05) is 18.3 Å². The van der Waals surface area contributed by atoms with Crippen LogP contribution in [0.5, 0.6) is 5.88 Å². The molecule has 0 saturated carbocycles. The summed E-state index contributed by atoms with van der Waals surface area (Å²) in [7, 11) is 1.62. The van der Waals surface area contributed by atoms with Crippen LogP contribution in [0.1, 0.15) is 26.2 Å². The fourth-order valence-corrected chi connectivity index (χ4v) is 4.09. The van der Waals surface area contributed by atoms with Crippen LogP contribution in [0.25, 0.3) is 11.3 Å². The van der Waals surface area contributed by atoms with Crippen molar-refractivity contribution in [1.82, 2.24) is 15.3 Å². The minimum absolute atomic E-state index is 0.595. The number of hydrogen-bond donors (Lipinski definition) is 2. The Labute approximate surface area is 190 Å². The highest BCUT2D eigenvalue weighted by Gasteiger charge is 2.23. The van der Waals surface area contributed by atoms with E-state index in [0.717, 1.165) is 74.2 Å². The van der Waals surface area contributed by atoms with Crippen molar-refractivity contribution in [2.75, 3.05) is 63.3 Å². The first kappa shape index (κ1) is 22.5. The largest absolute Gasteiger partial charge is 0.481 e. The summed E-state index contributed by atoms with van der Waals surface area (Å²) in [6.45, 7) is 8.24. The maximum atomic E-state index is 5.78. The van der Waals surface area contributed by atoms with Crippen molar-refractivity contribution in [3.05, 3.63) is 30.6 Å². The standard InChI is InChI=1S/C24H34N6O2/c1-3-11-32-12-10-30-17-23(27-14-18-6-8-25-9-7-18)29-21-16-26-20(13-22(21)30)19-4-5-24(31-2)28-15-19/h4-5,13,15-16,18,25H,3,6-12,14,17H2,1-2H3,(H,27,29). The fraction of sp³-hybridized carbons (Fsp3) is 0.542. The van der Waals surface area contributed by atoms with Crippen molar-refractivity contribution in [3.63, 3.8) is 0 Å². The number of ether oxygens (including phenoxy) is 2. The first-order chi connectivity index (χ1) is 15.8. The molecule has 2 N–H and O–H groups in total. The molecule has 8 heteroatoms. The quantitative estimate of drug-likeness (QED) is 0.582. The van der Waals surface area contributed by atoms with Gasteiger partial charge in [0.2, 0.25) is 5.88 Å². The number of nitrogens with zero attached hydrogens (tertiary/aromatic N) is 4. The van der Waals surface area contributed by atoms with Crippen molar-refractivity contribution < 1.29 is 9.47 Å². The van der Waals surface area contributed by atoms with Crippen molar-refractivity contribution >= 4 is 17.2 Å². The van der Waals surface area contributed by atoms with Gasteiger partial charge in [-0.1, -0.05) is 6.92 Å². The molecule has 172 valence electrons. The van der Waals surface area contributed by atoms with Gasteiger partial charge in [-0.2, -0.15) is 0 Å². The summed E-state index contributed by atoms with van der Waals surface area (Å²) in [5.74, 6) is 2.27. The molecule has 1 fully saturated rings. The number of aromatic nitrogens is 2. The highest BCUT2D eigenvalue weighted by Crippen LogP contribution is 2.33. The Hall–Kier alpha value is -2.71. The smallest absolute Gasteiger partial charge is 0.212 e. The Morgan fingerprint density at radius 3 is 2.78 bits per heavy atom. The van der Waals surface area contributed by atoms with E-state index in [9.17, 15) is 0 Å². The molecule has 2 aromatic heterocycles. The van der Waals surface area contributed by atoms with E-state index >= 15 is 0 Å². The van der Waals surface area contributed by atoms with Gasteiger partial charge >= 0.3 is 0 Å². The lowest BCUT2D eigenvalue weighted by molar-refractivity contribution is 0.141. The van der Waals surface area contributed by atoms with Crippen LogP contribution in [0, 0.1) is 5.92 Å². The minimum Gasteiger partial charge on any atom is -0.481 e. The number of piperidine rings is 1. The molecular formula is C24H34N6O2. The molecule has 2 aliphatic heterocycles. The number of fused-ring (bicyclic) bond motifs is 1. The van der Waals surface area contributed by atoms with Crippen LogP contribution in [0.2, 0.25) is 0 Å². The van der Waals surface area contributed by atoms with Crippen molar-refractivity contribution in [3.8, 4) is 17.1 Å². The van der Waals surface area contributed by atoms with E-state index in [2.05, 4.69) is 38.5 Å². The monoisotopic (exact) mass is 438 g/mol. The first-order valence-corrected chi connectivity index (χ1v) is 11.6. The number of rotatable bonds is 9. The number of amidine groups is 1. The van der Waals surface area contributed by atoms with Gasteiger partial charge in [-0.3, -0.25) is 9.98 Å². The Balaban J connectivity index is 1.53. The fourth-order valence-electron chi connectivity index (χ4n) is 4.09. The number of nitrogens with one attached hydrogen (secondary N) is 2. The van der Waals surface area contributed by atoms with Gasteiger partial charge in [0.1, 0.15) is 5.84 Å². The molecule has 0 atom stereocenters. The number of aliphatic imine (C=N–C) groups is 1. The summed E-state index contributed by atoms with van der Waals surface area (Å²) in [6, 6.07) is 5.96. The van der Waals surface area contributed by atoms with Crippen LogP contribution in [-0.2, 0) is 4.74 Å². The van der Waals surface area contributed by atoms with Gasteiger partial charge in [0.25, 0.3) is 0 Å². The molecule has 4 rings (SSSR count). The number of hydrogen-bond acceptors (Lipinski definition) is 7. The predicted octanol–water partition coefficient (Wildman–Crippen LogP) is 3.21. The molecule has 1 saturated heterocycles. The molecule has 2 aromatic rings. The van der Waals surface area contributed by atoms with E-state index in [-0.39, 0.29) is 0 Å². The summed E-state index contributed by atoms with van der Waals surface area (Å²) >= 11 is 0. The summed E-state index contributed by atoms with van der Waals surface area (Å²) in [5, 5.41) is 6.94. The highest BCUT2D eigenvalue weighted by molar-refractivity contribution is 6.04. The van der Waals surface area contributed by atoms with E-state index in [1.54, 1.807) is 13.3 Å². The van der Waals surface area contributed by atoms with Crippen LogP contribution < -0.4 is 20.3 Å². The molecular weight excluding hydrogens is 404 g/mol. The molecule has 32 heavy (non-hydrogen) atoms. The average Bonchev–Trinajstić information content (AvgIpc) is 2.85. The summed E-state index contributed by atoms with van der Waals surface area (Å²) in [6.07, 6.45) is 7.11. The molecule has 0 spiro atoms. The van der Waals surface area contributed by atoms with Gasteiger partial charge in [-0.25, -0.2) is 4.98 Å². The summed E-state index contributed by atoms with van der Waals surface area (Å²) in [4.78, 5) is 16.3. The second kappa shape index (κ2) is 11.2. The third kappa shape index (κ3) is 5.75. The van der Waals surface area contributed by atoms with Crippen molar-refractivity contribution in [1.29, 1.82) is 0 Å². The second-order valence-corrected chi connectivity index (χ2v) is 8.32. The van der Waals surface area contributed by atoms with E-state index in [1.165, 1.54) is 12.8 Å². The van der Waals surface area contributed by atoms with Gasteiger partial charge in [0, 0.05) is 37.5 Å². The molecule has 0 radical (unpaired) electrons. The normalized spacial score (nSPS) is 17.8. The molecule has 4 heterocycles. The van der Waals surface area contributed by atoms with Crippen LogP contribution in [0.3, 0.4) is 0 Å². The predicted molar refractivity (Wildman–Crippen MR) is 129 cm³/mol. The third-order valence-corrected chi connectivity index (χ3v) is 5.94. The van der Waals surface area contributed by atoms with Crippen LogP contribution in [-0.4, -0.2) is 68.9 Å². The number of methoxy groups -OCH3 is 1. The number of anilines is 2. The summed E-state index contributed by atoms with van der Waals surface area (Å²) < 4.78 is 11.0. The highest BCUT2D eigenvalue weighted by atomic mass is 16.5. The molecule has 8 nitrogen and oxygen atoms in total. The minimum atomic E-state index is 0.595. The second-order valence-electron chi connectivity index (χ2n) is 8.32. The summed E-state index contributed by atoms with van der Waals surface area (Å²) in [5.41, 5.74) is 3.95. The lowest BCUT2D eigenvalue weighted by atomic mass is 9.98. The van der Waals surface area contributed by atoms with Crippen molar-refractivity contribution in [2.45, 2.75) is 26.2 Å². The maximum absolute atomic E-state index is 5.78. The van der Waals surface area contributed by atoms with Gasteiger partial charge < -0.3 is 25.0 Å². The topological polar surface area (TPSA) is 83.9 Å². The van der Waals surface area contributed by atoms with Gasteiger partial charge in [0.15, 0.2) is 0 Å². The van der Waals surface area contributed by atoms with E-state index < -0.39 is 0 Å². The van der Waals surface area contributed by atoms with Crippen LogP contribution in [0.4, 0.5) is 11.4 Å². The Kier molecular flexibility index (Phi) is 7.90. The SMILES string of the molecule is CCCOCCN1CC(=NCC2CCNCC2)Nc2cnc(-c3ccc(OC)nc3)cc21. The molecule has 0 aromatic carbocycles. The Morgan fingerprint density at radius 2 is 2.03 bits per heavy atom. The van der Waals surface area contributed by atoms with E-state index in [4.69, 9.17) is 14.5 Å². The lowest BCUT2D eigenvalue weighted by Gasteiger charge is -2.33. The Bertz CT molecular complexity index is 896. The molecule has 0 aliphatic carbocycles. The zero-order valence-corrected chi connectivity index (χ0v) is 19.1. The van der Waals surface area contributed by atoms with Gasteiger partial charge in [-0.15, -0.1) is 0 Å². The maximum Gasteiger partial charge on any atom is 0.212 e. The van der Waals surface area contributed by atoms with Gasteiger partial charge in [0.05, 0.1) is 43.5 Å². The third-order valence-electron chi connectivity index (χ3n) is 5.94. The Morgan fingerprint density at radius 1 is 1.16 bits per heavy atom. The van der Waals surface area contributed by atoms with Crippen molar-refractivity contribution in [2.24, 2.45) is 10.9 Å². The van der Waals surface area contributed by atoms with E-state index in [0.29, 0.717) is 18.4 Å².